The maximum absolute atomic E-state index is 12.2. The molecule has 1 heterocycles. The van der Waals surface area contributed by atoms with Crippen molar-refractivity contribution in [3.05, 3.63) is 38.3 Å². The average Bonchev–Trinajstić information content (AvgIpc) is 2.41. The van der Waals surface area contributed by atoms with Crippen molar-refractivity contribution in [2.24, 2.45) is 0 Å². The Morgan fingerprint density at radius 2 is 1.90 bits per heavy atom. The first-order chi connectivity index (χ1) is 9.90. The number of amides is 1. The zero-order chi connectivity index (χ0) is 16.0. The second-order valence-corrected chi connectivity index (χ2v) is 4.95. The number of aromatic nitrogens is 1. The molecule has 0 aliphatic rings. The molecule has 0 saturated carbocycles. The van der Waals surface area contributed by atoms with Crippen molar-refractivity contribution < 1.29 is 9.72 Å². The van der Waals surface area contributed by atoms with E-state index in [-0.39, 0.29) is 18.1 Å². The average molecular weight is 295 g/mol. The van der Waals surface area contributed by atoms with Crippen LogP contribution in [0.2, 0.25) is 0 Å². The number of hydrogen-bond donors (Lipinski definition) is 0. The van der Waals surface area contributed by atoms with Crippen LogP contribution in [0.1, 0.15) is 32.3 Å². The smallest absolute Gasteiger partial charge is 0.288 e. The number of hydrogen-bond acceptors (Lipinski definition) is 4. The van der Waals surface area contributed by atoms with Gasteiger partial charge in [0.25, 0.3) is 11.2 Å². The highest BCUT2D eigenvalue weighted by atomic mass is 16.6. The third kappa shape index (κ3) is 4.40. The van der Waals surface area contributed by atoms with Crippen LogP contribution >= 0.6 is 0 Å². The summed E-state index contributed by atoms with van der Waals surface area (Å²) in [5, 5.41) is 10.9. The third-order valence-electron chi connectivity index (χ3n) is 3.15. The van der Waals surface area contributed by atoms with Crippen molar-refractivity contribution in [2.45, 2.75) is 40.2 Å². The summed E-state index contributed by atoms with van der Waals surface area (Å²) >= 11 is 0. The molecule has 0 atom stereocenters. The predicted molar refractivity (Wildman–Crippen MR) is 79.3 cm³/mol. The molecule has 0 aromatic carbocycles. The van der Waals surface area contributed by atoms with Crippen LogP contribution in [0, 0.1) is 17.0 Å². The Hall–Kier alpha value is -2.18. The summed E-state index contributed by atoms with van der Waals surface area (Å²) in [6.45, 7) is 6.52. The number of aryl methyl sites for hydroxylation is 1. The summed E-state index contributed by atoms with van der Waals surface area (Å²) in [6.07, 6.45) is 2.80. The van der Waals surface area contributed by atoms with Gasteiger partial charge in [0, 0.05) is 24.7 Å². The summed E-state index contributed by atoms with van der Waals surface area (Å²) in [7, 11) is 0. The molecule has 116 valence electrons. The van der Waals surface area contributed by atoms with Crippen LogP contribution in [0.3, 0.4) is 0 Å². The van der Waals surface area contributed by atoms with Gasteiger partial charge in [0.1, 0.15) is 6.54 Å². The van der Waals surface area contributed by atoms with Crippen LogP contribution in [0.5, 0.6) is 0 Å². The van der Waals surface area contributed by atoms with Gasteiger partial charge in [0.2, 0.25) is 5.91 Å². The summed E-state index contributed by atoms with van der Waals surface area (Å²) < 4.78 is 1.10. The third-order valence-corrected chi connectivity index (χ3v) is 3.15. The summed E-state index contributed by atoms with van der Waals surface area (Å²) in [5.41, 5.74) is -0.257. The molecule has 0 radical (unpaired) electrons. The molecule has 7 heteroatoms. The number of pyridine rings is 1. The van der Waals surface area contributed by atoms with E-state index in [4.69, 9.17) is 0 Å². The normalized spacial score (nSPS) is 10.4. The molecule has 0 aliphatic carbocycles. The molecule has 1 rings (SSSR count). The zero-order valence-corrected chi connectivity index (χ0v) is 12.7. The minimum absolute atomic E-state index is 0.153. The van der Waals surface area contributed by atoms with E-state index in [1.165, 1.54) is 13.0 Å². The van der Waals surface area contributed by atoms with Gasteiger partial charge >= 0.3 is 0 Å². The highest BCUT2D eigenvalue weighted by Crippen LogP contribution is 2.14. The monoisotopic (exact) mass is 295 g/mol. The largest absolute Gasteiger partial charge is 0.341 e. The molecule has 0 N–H and O–H groups in total. The number of carbonyl (C=O) groups excluding carboxylic acids is 1. The van der Waals surface area contributed by atoms with Crippen LogP contribution < -0.4 is 5.56 Å². The van der Waals surface area contributed by atoms with Crippen molar-refractivity contribution in [3.8, 4) is 0 Å². The van der Waals surface area contributed by atoms with Gasteiger partial charge in [-0.15, -0.1) is 0 Å². The molecule has 1 amide bonds. The molecule has 1 aromatic heterocycles. The molecule has 1 aromatic rings. The van der Waals surface area contributed by atoms with E-state index in [2.05, 4.69) is 0 Å². The van der Waals surface area contributed by atoms with Gasteiger partial charge in [0.15, 0.2) is 0 Å². The fourth-order valence-corrected chi connectivity index (χ4v) is 2.12. The van der Waals surface area contributed by atoms with E-state index >= 15 is 0 Å². The standard InChI is InChI=1S/C14H21N3O4/c1-4-6-15(7-5-2)14(19)10-16-9-12(17(20)21)11(3)8-13(16)18/h8-9H,4-7,10H2,1-3H3. The molecule has 0 aliphatic heterocycles. The number of rotatable bonds is 7. The van der Waals surface area contributed by atoms with Crippen molar-refractivity contribution >= 4 is 11.6 Å². The van der Waals surface area contributed by atoms with E-state index in [9.17, 15) is 19.7 Å². The maximum Gasteiger partial charge on any atom is 0.288 e. The molecule has 21 heavy (non-hydrogen) atoms. The second kappa shape index (κ2) is 7.56. The Bertz CT molecular complexity index is 574. The van der Waals surface area contributed by atoms with Gasteiger partial charge in [0.05, 0.1) is 11.1 Å². The van der Waals surface area contributed by atoms with Crippen molar-refractivity contribution in [1.82, 2.24) is 9.47 Å². The number of carbonyl (C=O) groups is 1. The van der Waals surface area contributed by atoms with E-state index in [1.807, 2.05) is 13.8 Å². The van der Waals surface area contributed by atoms with Gasteiger partial charge in [-0.1, -0.05) is 13.8 Å². The molecule has 0 bridgehead atoms. The lowest BCUT2D eigenvalue weighted by Crippen LogP contribution is -2.37. The van der Waals surface area contributed by atoms with Crippen LogP contribution in [0.15, 0.2) is 17.1 Å². The van der Waals surface area contributed by atoms with Crippen LogP contribution in [0.25, 0.3) is 0 Å². The summed E-state index contributed by atoms with van der Waals surface area (Å²) in [5.74, 6) is -0.195. The lowest BCUT2D eigenvalue weighted by Gasteiger charge is -2.21. The Balaban J connectivity index is 3.01. The van der Waals surface area contributed by atoms with Gasteiger partial charge < -0.3 is 4.90 Å². The molecule has 0 unspecified atom stereocenters. The fraction of sp³-hybridized carbons (Fsp3) is 0.571. The lowest BCUT2D eigenvalue weighted by molar-refractivity contribution is -0.385. The minimum Gasteiger partial charge on any atom is -0.341 e. The molecule has 7 nitrogen and oxygen atoms in total. The second-order valence-electron chi connectivity index (χ2n) is 4.95. The molecular weight excluding hydrogens is 274 g/mol. The van der Waals surface area contributed by atoms with Crippen LogP contribution in [-0.2, 0) is 11.3 Å². The molecule has 0 fully saturated rings. The molecule has 0 saturated heterocycles. The topological polar surface area (TPSA) is 85.4 Å². The highest BCUT2D eigenvalue weighted by Gasteiger charge is 2.17. The Morgan fingerprint density at radius 1 is 1.33 bits per heavy atom. The number of nitro groups is 1. The zero-order valence-electron chi connectivity index (χ0n) is 12.7. The summed E-state index contributed by atoms with van der Waals surface area (Å²) in [4.78, 5) is 36.1. The number of nitrogens with zero attached hydrogens (tertiary/aromatic N) is 3. The lowest BCUT2D eigenvalue weighted by atomic mass is 10.2. The molecular formula is C14H21N3O4. The van der Waals surface area contributed by atoms with E-state index < -0.39 is 10.5 Å². The highest BCUT2D eigenvalue weighted by molar-refractivity contribution is 5.76. The summed E-state index contributed by atoms with van der Waals surface area (Å²) in [6, 6.07) is 1.19. The Kier molecular flexibility index (Phi) is 6.08. The van der Waals surface area contributed by atoms with Crippen molar-refractivity contribution in [2.75, 3.05) is 13.1 Å². The molecule has 0 spiro atoms. The van der Waals surface area contributed by atoms with Crippen LogP contribution in [0.4, 0.5) is 5.69 Å². The fourth-order valence-electron chi connectivity index (χ4n) is 2.12. The van der Waals surface area contributed by atoms with Gasteiger partial charge in [-0.3, -0.25) is 24.3 Å². The SMILES string of the molecule is CCCN(CCC)C(=O)Cn1cc([N+](=O)[O-])c(C)cc1=O. The van der Waals surface area contributed by atoms with Crippen molar-refractivity contribution in [3.63, 3.8) is 0 Å². The minimum atomic E-state index is -0.550. The Morgan fingerprint density at radius 3 is 2.38 bits per heavy atom. The van der Waals surface area contributed by atoms with E-state index in [1.54, 1.807) is 4.90 Å². The van der Waals surface area contributed by atoms with Crippen LogP contribution in [-0.4, -0.2) is 33.4 Å². The first-order valence-electron chi connectivity index (χ1n) is 7.03. The maximum atomic E-state index is 12.2. The quantitative estimate of drug-likeness (QED) is 0.566. The van der Waals surface area contributed by atoms with Gasteiger partial charge in [-0.05, 0) is 19.8 Å². The van der Waals surface area contributed by atoms with E-state index in [0.717, 1.165) is 23.6 Å². The van der Waals surface area contributed by atoms with E-state index in [0.29, 0.717) is 18.7 Å². The first kappa shape index (κ1) is 16.9. The van der Waals surface area contributed by atoms with Gasteiger partial charge in [-0.2, -0.15) is 0 Å². The first-order valence-corrected chi connectivity index (χ1v) is 7.03. The predicted octanol–water partition coefficient (Wildman–Crippen LogP) is 1.71. The Labute approximate surface area is 123 Å². The van der Waals surface area contributed by atoms with Gasteiger partial charge in [-0.25, -0.2) is 0 Å². The van der Waals surface area contributed by atoms with Crippen molar-refractivity contribution in [1.29, 1.82) is 0 Å².